The largest absolute Gasteiger partial charge is 0.357 e. The normalized spacial score (nSPS) is 19.2. The molecule has 1 atom stereocenters. The molecule has 0 saturated carbocycles. The third-order valence-corrected chi connectivity index (χ3v) is 6.46. The lowest BCUT2D eigenvalue weighted by Crippen LogP contribution is -2.39. The van der Waals surface area contributed by atoms with Gasteiger partial charge in [-0.3, -0.25) is 4.99 Å². The van der Waals surface area contributed by atoms with Gasteiger partial charge in [-0.1, -0.05) is 30.3 Å². The Hall–Kier alpha value is -2.35. The van der Waals surface area contributed by atoms with Crippen LogP contribution in [-0.4, -0.2) is 60.9 Å². The van der Waals surface area contributed by atoms with Crippen molar-refractivity contribution in [1.29, 1.82) is 0 Å². The highest BCUT2D eigenvalue weighted by Crippen LogP contribution is 2.19. The summed E-state index contributed by atoms with van der Waals surface area (Å²) in [6.07, 6.45) is 2.54. The van der Waals surface area contributed by atoms with E-state index in [-0.39, 0.29) is 17.4 Å². The summed E-state index contributed by atoms with van der Waals surface area (Å²) in [5, 5.41) is 3.27. The first-order valence-corrected chi connectivity index (χ1v) is 11.1. The Labute approximate surface area is 160 Å². The average molecular weight is 390 g/mol. The second-order valence-corrected chi connectivity index (χ2v) is 9.16. The maximum absolute atomic E-state index is 11.6. The van der Waals surface area contributed by atoms with Gasteiger partial charge >= 0.3 is 0 Å². The number of imidazole rings is 1. The summed E-state index contributed by atoms with van der Waals surface area (Å²) in [5.74, 6) is 2.27. The number of H-pyrrole nitrogens is 1. The number of benzene rings is 1. The summed E-state index contributed by atoms with van der Waals surface area (Å²) >= 11 is 0. The number of aromatic amines is 1. The standard InChI is InChI=1S/C19H27N5O2S/c1-3-20-19(22-11-15-9-10-27(25,26)14-15)24(2)13-18-21-12-17(23-18)16-7-5-4-6-8-16/h4-8,12,15H,3,9-11,13-14H2,1-2H3,(H,20,22)(H,21,23). The second-order valence-electron chi connectivity index (χ2n) is 6.93. The number of hydrogen-bond donors (Lipinski definition) is 2. The Morgan fingerprint density at radius 3 is 2.81 bits per heavy atom. The van der Waals surface area contributed by atoms with Gasteiger partial charge < -0.3 is 15.2 Å². The first-order chi connectivity index (χ1) is 13.0. The second kappa shape index (κ2) is 8.56. The monoisotopic (exact) mass is 389 g/mol. The maximum atomic E-state index is 11.6. The van der Waals surface area contributed by atoms with Gasteiger partial charge in [-0.25, -0.2) is 13.4 Å². The number of guanidine groups is 1. The van der Waals surface area contributed by atoms with E-state index in [2.05, 4.69) is 20.3 Å². The van der Waals surface area contributed by atoms with Gasteiger partial charge in [0.2, 0.25) is 0 Å². The minimum Gasteiger partial charge on any atom is -0.357 e. The van der Waals surface area contributed by atoms with Crippen LogP contribution in [0.5, 0.6) is 0 Å². The Bertz CT molecular complexity index is 877. The fraction of sp³-hybridized carbons (Fsp3) is 0.474. The van der Waals surface area contributed by atoms with E-state index in [0.717, 1.165) is 29.6 Å². The minimum atomic E-state index is -2.87. The van der Waals surface area contributed by atoms with E-state index in [1.54, 1.807) is 0 Å². The van der Waals surface area contributed by atoms with Gasteiger partial charge in [-0.05, 0) is 24.8 Å². The number of aliphatic imine (C=N–C) groups is 1. The fourth-order valence-electron chi connectivity index (χ4n) is 3.21. The quantitative estimate of drug-likeness (QED) is 0.582. The highest BCUT2D eigenvalue weighted by Gasteiger charge is 2.27. The molecule has 27 heavy (non-hydrogen) atoms. The van der Waals surface area contributed by atoms with E-state index in [4.69, 9.17) is 0 Å². The molecule has 1 aliphatic rings. The van der Waals surface area contributed by atoms with Gasteiger partial charge in [0.25, 0.3) is 0 Å². The van der Waals surface area contributed by atoms with Gasteiger partial charge in [0.15, 0.2) is 15.8 Å². The van der Waals surface area contributed by atoms with Gasteiger partial charge in [0.1, 0.15) is 5.82 Å². The molecule has 7 nitrogen and oxygen atoms in total. The molecule has 1 aromatic carbocycles. The molecular formula is C19H27N5O2S. The van der Waals surface area contributed by atoms with Crippen LogP contribution in [0.25, 0.3) is 11.3 Å². The topological polar surface area (TPSA) is 90.4 Å². The summed E-state index contributed by atoms with van der Waals surface area (Å²) < 4.78 is 23.2. The number of hydrogen-bond acceptors (Lipinski definition) is 4. The van der Waals surface area contributed by atoms with Crippen molar-refractivity contribution < 1.29 is 8.42 Å². The smallest absolute Gasteiger partial charge is 0.194 e. The highest BCUT2D eigenvalue weighted by molar-refractivity contribution is 7.91. The van der Waals surface area contributed by atoms with Crippen LogP contribution < -0.4 is 5.32 Å². The molecule has 0 aliphatic carbocycles. The van der Waals surface area contributed by atoms with Crippen LogP contribution in [0.3, 0.4) is 0 Å². The third-order valence-electron chi connectivity index (χ3n) is 4.62. The minimum absolute atomic E-state index is 0.116. The van der Waals surface area contributed by atoms with Gasteiger partial charge in [0.05, 0.1) is 29.9 Å². The molecule has 0 bridgehead atoms. The Morgan fingerprint density at radius 2 is 2.15 bits per heavy atom. The van der Waals surface area contributed by atoms with Crippen molar-refractivity contribution in [3.63, 3.8) is 0 Å². The first-order valence-electron chi connectivity index (χ1n) is 9.26. The Morgan fingerprint density at radius 1 is 1.37 bits per heavy atom. The van der Waals surface area contributed by atoms with Crippen molar-refractivity contribution in [2.45, 2.75) is 19.9 Å². The van der Waals surface area contributed by atoms with Crippen LogP contribution in [0, 0.1) is 5.92 Å². The number of aromatic nitrogens is 2. The van der Waals surface area contributed by atoms with Crippen molar-refractivity contribution >= 4 is 15.8 Å². The molecule has 0 radical (unpaired) electrons. The summed E-state index contributed by atoms with van der Waals surface area (Å²) in [6, 6.07) is 10.1. The number of nitrogens with zero attached hydrogens (tertiary/aromatic N) is 3. The molecule has 0 amide bonds. The van der Waals surface area contributed by atoms with Crippen molar-refractivity contribution in [2.24, 2.45) is 10.9 Å². The van der Waals surface area contributed by atoms with E-state index in [0.29, 0.717) is 19.5 Å². The van der Waals surface area contributed by atoms with Gasteiger partial charge in [0, 0.05) is 20.1 Å². The number of rotatable bonds is 6. The maximum Gasteiger partial charge on any atom is 0.194 e. The van der Waals surface area contributed by atoms with Crippen LogP contribution in [0.4, 0.5) is 0 Å². The van der Waals surface area contributed by atoms with Crippen LogP contribution in [-0.2, 0) is 16.4 Å². The molecule has 1 aromatic heterocycles. The predicted octanol–water partition coefficient (Wildman–Crippen LogP) is 1.91. The molecule has 8 heteroatoms. The number of sulfone groups is 1. The van der Waals surface area contributed by atoms with Crippen LogP contribution >= 0.6 is 0 Å². The van der Waals surface area contributed by atoms with Crippen molar-refractivity contribution in [2.75, 3.05) is 31.6 Å². The molecule has 146 valence electrons. The van der Waals surface area contributed by atoms with E-state index < -0.39 is 9.84 Å². The molecule has 1 fully saturated rings. The third kappa shape index (κ3) is 5.32. The summed E-state index contributed by atoms with van der Waals surface area (Å²) in [5.41, 5.74) is 2.08. The zero-order chi connectivity index (χ0) is 19.3. The lowest BCUT2D eigenvalue weighted by Gasteiger charge is -2.21. The highest BCUT2D eigenvalue weighted by atomic mass is 32.2. The lowest BCUT2D eigenvalue weighted by molar-refractivity contribution is 0.460. The number of nitrogens with one attached hydrogen (secondary N) is 2. The van der Waals surface area contributed by atoms with E-state index >= 15 is 0 Å². The van der Waals surface area contributed by atoms with Crippen molar-refractivity contribution in [3.05, 3.63) is 42.4 Å². The average Bonchev–Trinajstić information content (AvgIpc) is 3.25. The van der Waals surface area contributed by atoms with Crippen LogP contribution in [0.1, 0.15) is 19.2 Å². The Kier molecular flexibility index (Phi) is 6.15. The molecular weight excluding hydrogens is 362 g/mol. The van der Waals surface area contributed by atoms with E-state index in [9.17, 15) is 8.42 Å². The molecule has 2 aromatic rings. The molecule has 1 aliphatic heterocycles. The van der Waals surface area contributed by atoms with Crippen LogP contribution in [0.2, 0.25) is 0 Å². The fourth-order valence-corrected chi connectivity index (χ4v) is 5.06. The van der Waals surface area contributed by atoms with Crippen LogP contribution in [0.15, 0.2) is 41.5 Å². The van der Waals surface area contributed by atoms with Crippen molar-refractivity contribution in [3.8, 4) is 11.3 Å². The van der Waals surface area contributed by atoms with Crippen molar-refractivity contribution in [1.82, 2.24) is 20.2 Å². The first kappa shape index (κ1) is 19.4. The molecule has 2 heterocycles. The summed E-state index contributed by atoms with van der Waals surface area (Å²) in [6.45, 7) is 3.88. The summed E-state index contributed by atoms with van der Waals surface area (Å²) in [7, 11) is -0.910. The molecule has 2 N–H and O–H groups in total. The summed E-state index contributed by atoms with van der Waals surface area (Å²) in [4.78, 5) is 14.5. The lowest BCUT2D eigenvalue weighted by atomic mass is 10.1. The zero-order valence-corrected chi connectivity index (χ0v) is 16.7. The molecule has 1 unspecified atom stereocenters. The molecule has 0 spiro atoms. The van der Waals surface area contributed by atoms with E-state index in [1.165, 1.54) is 0 Å². The van der Waals surface area contributed by atoms with E-state index in [1.807, 2.05) is 55.4 Å². The molecule has 3 rings (SSSR count). The zero-order valence-electron chi connectivity index (χ0n) is 15.9. The van der Waals surface area contributed by atoms with Gasteiger partial charge in [-0.2, -0.15) is 0 Å². The SMILES string of the molecule is CCNC(=NCC1CCS(=O)(=O)C1)N(C)Cc1ncc(-c2ccccc2)[nH]1. The Balaban J connectivity index is 1.64. The predicted molar refractivity (Wildman–Crippen MR) is 108 cm³/mol. The molecule has 1 saturated heterocycles. The van der Waals surface area contributed by atoms with Gasteiger partial charge in [-0.15, -0.1) is 0 Å².